The lowest BCUT2D eigenvalue weighted by Crippen LogP contribution is -2.38. The molecule has 0 radical (unpaired) electrons. The lowest BCUT2D eigenvalue weighted by Gasteiger charge is -2.26. The molecule has 5 nitrogen and oxygen atoms in total. The van der Waals surface area contributed by atoms with Crippen LogP contribution in [-0.2, 0) is 14.8 Å². The van der Waals surface area contributed by atoms with Gasteiger partial charge in [-0.15, -0.1) is 0 Å². The first-order chi connectivity index (χ1) is 9.99. The first-order valence-corrected chi connectivity index (χ1v) is 8.53. The van der Waals surface area contributed by atoms with Gasteiger partial charge in [0.05, 0.1) is 18.1 Å². The molecule has 1 heterocycles. The topological polar surface area (TPSA) is 58.6 Å². The van der Waals surface area contributed by atoms with E-state index in [1.165, 1.54) is 12.1 Å². The predicted octanol–water partition coefficient (Wildman–Crippen LogP) is 1.13. The number of nitrogens with one attached hydrogen (secondary N) is 1. The van der Waals surface area contributed by atoms with Crippen LogP contribution in [0.15, 0.2) is 23.1 Å². The molecular weight excluding hydrogens is 295 g/mol. The summed E-state index contributed by atoms with van der Waals surface area (Å²) in [7, 11) is -3.57. The molecule has 0 amide bonds. The lowest BCUT2D eigenvalue weighted by molar-refractivity contribution is 0.0376. The van der Waals surface area contributed by atoms with Gasteiger partial charge in [0.15, 0.2) is 0 Å². The summed E-state index contributed by atoms with van der Waals surface area (Å²) >= 11 is 0. The highest BCUT2D eigenvalue weighted by molar-refractivity contribution is 7.89. The van der Waals surface area contributed by atoms with E-state index in [1.807, 2.05) is 0 Å². The third kappa shape index (κ3) is 4.74. The van der Waals surface area contributed by atoms with Crippen molar-refractivity contribution in [1.82, 2.24) is 9.62 Å². The molecule has 0 bridgehead atoms. The number of sulfonamides is 1. The maximum Gasteiger partial charge on any atom is 0.240 e. The van der Waals surface area contributed by atoms with E-state index >= 15 is 0 Å². The Labute approximate surface area is 125 Å². The summed E-state index contributed by atoms with van der Waals surface area (Å²) < 4.78 is 45.1. The summed E-state index contributed by atoms with van der Waals surface area (Å²) in [6.45, 7) is 6.06. The lowest BCUT2D eigenvalue weighted by atomic mass is 10.2. The molecule has 1 saturated heterocycles. The number of nitrogens with zero attached hydrogens (tertiary/aromatic N) is 1. The summed E-state index contributed by atoms with van der Waals surface area (Å²) in [4.78, 5) is 2.39. The van der Waals surface area contributed by atoms with Crippen LogP contribution in [0.5, 0.6) is 0 Å². The molecule has 1 aromatic rings. The van der Waals surface area contributed by atoms with Gasteiger partial charge in [0.1, 0.15) is 5.82 Å². The predicted molar refractivity (Wildman–Crippen MR) is 78.2 cm³/mol. The van der Waals surface area contributed by atoms with E-state index in [-0.39, 0.29) is 4.90 Å². The Balaban J connectivity index is 1.83. The maximum atomic E-state index is 13.0. The van der Waals surface area contributed by atoms with E-state index in [4.69, 9.17) is 4.74 Å². The molecule has 7 heteroatoms. The molecule has 1 aliphatic heterocycles. The van der Waals surface area contributed by atoms with E-state index in [0.29, 0.717) is 12.1 Å². The summed E-state index contributed by atoms with van der Waals surface area (Å²) in [5, 5.41) is 0. The van der Waals surface area contributed by atoms with Gasteiger partial charge in [0.25, 0.3) is 0 Å². The molecule has 0 atom stereocenters. The normalized spacial score (nSPS) is 17.0. The van der Waals surface area contributed by atoms with Crippen LogP contribution in [0, 0.1) is 12.7 Å². The second-order valence-electron chi connectivity index (χ2n) is 5.12. The Morgan fingerprint density at radius 1 is 1.33 bits per heavy atom. The van der Waals surface area contributed by atoms with Crippen LogP contribution in [0.4, 0.5) is 4.39 Å². The molecule has 0 aliphatic carbocycles. The fourth-order valence-corrected chi connectivity index (χ4v) is 3.62. The van der Waals surface area contributed by atoms with E-state index in [1.54, 1.807) is 6.92 Å². The number of rotatable bonds is 6. The molecule has 0 saturated carbocycles. The van der Waals surface area contributed by atoms with Gasteiger partial charge in [0, 0.05) is 19.6 Å². The van der Waals surface area contributed by atoms with Gasteiger partial charge >= 0.3 is 0 Å². The average molecular weight is 316 g/mol. The van der Waals surface area contributed by atoms with Crippen molar-refractivity contribution in [1.29, 1.82) is 0 Å². The van der Waals surface area contributed by atoms with Crippen molar-refractivity contribution in [2.45, 2.75) is 18.2 Å². The number of aryl methyl sites for hydroxylation is 1. The van der Waals surface area contributed by atoms with Crippen molar-refractivity contribution in [2.24, 2.45) is 0 Å². The molecule has 1 aromatic carbocycles. The quantitative estimate of drug-likeness (QED) is 0.800. The number of hydrogen-bond acceptors (Lipinski definition) is 4. The first-order valence-electron chi connectivity index (χ1n) is 7.05. The molecule has 1 N–H and O–H groups in total. The monoisotopic (exact) mass is 316 g/mol. The molecule has 21 heavy (non-hydrogen) atoms. The second kappa shape index (κ2) is 7.31. The number of halogens is 1. The number of ether oxygens (including phenoxy) is 1. The van der Waals surface area contributed by atoms with E-state index in [9.17, 15) is 12.8 Å². The van der Waals surface area contributed by atoms with Crippen molar-refractivity contribution < 1.29 is 17.5 Å². The average Bonchev–Trinajstić information content (AvgIpc) is 2.44. The largest absolute Gasteiger partial charge is 0.379 e. The third-order valence-electron chi connectivity index (χ3n) is 3.47. The molecule has 1 aliphatic rings. The van der Waals surface area contributed by atoms with Gasteiger partial charge in [0.2, 0.25) is 10.0 Å². The van der Waals surface area contributed by atoms with E-state index in [2.05, 4.69) is 9.62 Å². The minimum absolute atomic E-state index is 0.135. The Hall–Kier alpha value is -1.02. The Bertz CT molecular complexity index is 572. The van der Waals surface area contributed by atoms with Gasteiger partial charge in [-0.1, -0.05) is 0 Å². The molecule has 0 spiro atoms. The van der Waals surface area contributed by atoms with Gasteiger partial charge < -0.3 is 4.74 Å². The summed E-state index contributed by atoms with van der Waals surface area (Å²) in [5.74, 6) is -0.432. The van der Waals surface area contributed by atoms with Crippen LogP contribution in [-0.4, -0.2) is 52.7 Å². The highest BCUT2D eigenvalue weighted by Crippen LogP contribution is 2.15. The second-order valence-corrected chi connectivity index (χ2v) is 6.85. The maximum absolute atomic E-state index is 13.0. The Kier molecular flexibility index (Phi) is 5.69. The number of benzene rings is 1. The highest BCUT2D eigenvalue weighted by Gasteiger charge is 2.17. The minimum atomic E-state index is -3.57. The fraction of sp³-hybridized carbons (Fsp3) is 0.571. The standard InChI is InChI=1S/C14H21FN2O3S/c1-12-11-13(15)3-4-14(12)21(18,19)16-5-2-6-17-7-9-20-10-8-17/h3-4,11,16H,2,5-10H2,1H3. The van der Waals surface area contributed by atoms with Crippen LogP contribution in [0.1, 0.15) is 12.0 Å². The molecule has 118 valence electrons. The van der Waals surface area contributed by atoms with Crippen molar-refractivity contribution in [2.75, 3.05) is 39.4 Å². The SMILES string of the molecule is Cc1cc(F)ccc1S(=O)(=O)NCCCN1CCOCC1. The zero-order valence-electron chi connectivity index (χ0n) is 12.1. The zero-order chi connectivity index (χ0) is 15.3. The molecular formula is C14H21FN2O3S. The van der Waals surface area contributed by atoms with Gasteiger partial charge in [-0.05, 0) is 43.7 Å². The van der Waals surface area contributed by atoms with Crippen LogP contribution in [0.2, 0.25) is 0 Å². The molecule has 1 fully saturated rings. The number of morpholine rings is 1. The minimum Gasteiger partial charge on any atom is -0.379 e. The van der Waals surface area contributed by atoms with E-state index < -0.39 is 15.8 Å². The third-order valence-corrected chi connectivity index (χ3v) is 5.09. The van der Waals surface area contributed by atoms with Crippen LogP contribution in [0.3, 0.4) is 0 Å². The first kappa shape index (κ1) is 16.4. The summed E-state index contributed by atoms with van der Waals surface area (Å²) in [6, 6.07) is 3.69. The van der Waals surface area contributed by atoms with Crippen LogP contribution >= 0.6 is 0 Å². The van der Waals surface area contributed by atoms with Crippen LogP contribution < -0.4 is 4.72 Å². The fourth-order valence-electron chi connectivity index (χ4n) is 2.33. The Morgan fingerprint density at radius 2 is 2.05 bits per heavy atom. The zero-order valence-corrected chi connectivity index (χ0v) is 13.0. The smallest absolute Gasteiger partial charge is 0.240 e. The number of hydrogen-bond donors (Lipinski definition) is 1. The summed E-state index contributed by atoms with van der Waals surface area (Å²) in [6.07, 6.45) is 0.736. The highest BCUT2D eigenvalue weighted by atomic mass is 32.2. The van der Waals surface area contributed by atoms with Gasteiger partial charge in [-0.25, -0.2) is 17.5 Å². The van der Waals surface area contributed by atoms with Crippen molar-refractivity contribution in [3.63, 3.8) is 0 Å². The van der Waals surface area contributed by atoms with Crippen molar-refractivity contribution in [3.05, 3.63) is 29.6 Å². The Morgan fingerprint density at radius 3 is 2.71 bits per heavy atom. The summed E-state index contributed by atoms with van der Waals surface area (Å²) in [5.41, 5.74) is 0.413. The van der Waals surface area contributed by atoms with Gasteiger partial charge in [-0.2, -0.15) is 0 Å². The van der Waals surface area contributed by atoms with Crippen LogP contribution in [0.25, 0.3) is 0 Å². The molecule has 0 aromatic heterocycles. The van der Waals surface area contributed by atoms with Crippen molar-refractivity contribution >= 4 is 10.0 Å². The molecule has 0 unspecified atom stereocenters. The van der Waals surface area contributed by atoms with E-state index in [0.717, 1.165) is 45.3 Å². The molecule has 2 rings (SSSR count). The van der Waals surface area contributed by atoms with Crippen molar-refractivity contribution in [3.8, 4) is 0 Å². The van der Waals surface area contributed by atoms with Gasteiger partial charge in [-0.3, -0.25) is 4.90 Å².